The molecule has 2 heterocycles. The fourth-order valence-electron chi connectivity index (χ4n) is 5.52. The van der Waals surface area contributed by atoms with Gasteiger partial charge < -0.3 is 14.7 Å². The maximum absolute atomic E-state index is 13.7. The van der Waals surface area contributed by atoms with Gasteiger partial charge in [0.15, 0.2) is 0 Å². The Morgan fingerprint density at radius 1 is 0.857 bits per heavy atom. The Kier molecular flexibility index (Phi) is 8.09. The van der Waals surface area contributed by atoms with Gasteiger partial charge in [0.1, 0.15) is 0 Å². The Balaban J connectivity index is 1.16. The van der Waals surface area contributed by atoms with Crippen LogP contribution in [0.4, 0.5) is 11.4 Å². The van der Waals surface area contributed by atoms with Gasteiger partial charge in [-0.05, 0) is 84.6 Å². The van der Waals surface area contributed by atoms with Crippen LogP contribution in [0.2, 0.25) is 5.02 Å². The lowest BCUT2D eigenvalue weighted by Gasteiger charge is -2.37. The number of halogens is 1. The first-order chi connectivity index (χ1) is 20.4. The van der Waals surface area contributed by atoms with Gasteiger partial charge in [-0.15, -0.1) is 0 Å². The number of aryl methyl sites for hydroxylation is 1. The summed E-state index contributed by atoms with van der Waals surface area (Å²) in [7, 11) is 0. The number of carbonyl (C=O) groups excluding carboxylic acids is 2. The maximum Gasteiger partial charge on any atom is 0.265 e. The second-order valence-corrected chi connectivity index (χ2v) is 12.2. The molecule has 1 saturated heterocycles. The standard InChI is InChI=1S/C35H32ClN3O2S/c1-24-7-5-11-30(25(24)2)37-17-19-38(20-18-37)34(40)28-15-13-26(14-16-28)22-33-35(41)39(23-27-8-6-9-29(36)21-27)31-10-3-4-12-32(31)42-33/h3-16,21-22H,17-20,23H2,1-2H3/b33-22+. The number of para-hydroxylation sites is 1. The minimum Gasteiger partial charge on any atom is -0.368 e. The molecule has 0 unspecified atom stereocenters. The summed E-state index contributed by atoms with van der Waals surface area (Å²) in [4.78, 5) is 34.8. The predicted octanol–water partition coefficient (Wildman–Crippen LogP) is 7.60. The summed E-state index contributed by atoms with van der Waals surface area (Å²) in [5.74, 6) is -0.0138. The third-order valence-electron chi connectivity index (χ3n) is 8.00. The highest BCUT2D eigenvalue weighted by atomic mass is 35.5. The van der Waals surface area contributed by atoms with Crippen LogP contribution in [-0.2, 0) is 11.3 Å². The van der Waals surface area contributed by atoms with Crippen molar-refractivity contribution in [2.24, 2.45) is 0 Å². The van der Waals surface area contributed by atoms with Crippen molar-refractivity contribution in [1.82, 2.24) is 4.90 Å². The van der Waals surface area contributed by atoms with Gasteiger partial charge >= 0.3 is 0 Å². The van der Waals surface area contributed by atoms with E-state index in [2.05, 4.69) is 36.9 Å². The summed E-state index contributed by atoms with van der Waals surface area (Å²) in [5, 5.41) is 0.647. The Labute approximate surface area is 256 Å². The Morgan fingerprint density at radius 3 is 2.33 bits per heavy atom. The van der Waals surface area contributed by atoms with Crippen molar-refractivity contribution in [3.05, 3.63) is 129 Å². The number of hydrogen-bond acceptors (Lipinski definition) is 4. The van der Waals surface area contributed by atoms with E-state index >= 15 is 0 Å². The van der Waals surface area contributed by atoms with Crippen LogP contribution >= 0.6 is 23.4 Å². The molecule has 212 valence electrons. The lowest BCUT2D eigenvalue weighted by Crippen LogP contribution is -2.49. The van der Waals surface area contributed by atoms with Crippen LogP contribution in [-0.4, -0.2) is 42.9 Å². The second kappa shape index (κ2) is 12.1. The molecule has 4 aromatic rings. The maximum atomic E-state index is 13.7. The van der Waals surface area contributed by atoms with Crippen LogP contribution in [0.15, 0.2) is 101 Å². The Hall–Kier alpha value is -4.00. The largest absolute Gasteiger partial charge is 0.368 e. The summed E-state index contributed by atoms with van der Waals surface area (Å²) in [6.45, 7) is 7.72. The molecule has 2 aliphatic rings. The van der Waals surface area contributed by atoms with Gasteiger partial charge in [0.2, 0.25) is 0 Å². The molecule has 6 rings (SSSR count). The zero-order valence-electron chi connectivity index (χ0n) is 23.7. The second-order valence-electron chi connectivity index (χ2n) is 10.7. The van der Waals surface area contributed by atoms with E-state index in [1.54, 1.807) is 4.90 Å². The fraction of sp³-hybridized carbons (Fsp3) is 0.200. The summed E-state index contributed by atoms with van der Waals surface area (Å²) >= 11 is 7.69. The average molecular weight is 594 g/mol. The third kappa shape index (κ3) is 5.83. The van der Waals surface area contributed by atoms with Gasteiger partial charge in [0, 0.05) is 47.3 Å². The number of hydrogen-bond donors (Lipinski definition) is 0. The molecule has 0 atom stereocenters. The third-order valence-corrected chi connectivity index (χ3v) is 9.31. The number of amides is 2. The van der Waals surface area contributed by atoms with Crippen LogP contribution in [0.25, 0.3) is 6.08 Å². The first kappa shape index (κ1) is 28.1. The van der Waals surface area contributed by atoms with E-state index in [4.69, 9.17) is 11.6 Å². The highest BCUT2D eigenvalue weighted by Gasteiger charge is 2.29. The van der Waals surface area contributed by atoms with Crippen molar-refractivity contribution in [3.63, 3.8) is 0 Å². The number of nitrogens with zero attached hydrogens (tertiary/aromatic N) is 3. The van der Waals surface area contributed by atoms with Gasteiger partial charge in [0.25, 0.3) is 11.8 Å². The van der Waals surface area contributed by atoms with Gasteiger partial charge in [0.05, 0.1) is 17.1 Å². The van der Waals surface area contributed by atoms with Crippen molar-refractivity contribution in [2.75, 3.05) is 36.0 Å². The van der Waals surface area contributed by atoms with Gasteiger partial charge in [-0.1, -0.05) is 71.9 Å². The quantitative estimate of drug-likeness (QED) is 0.224. The summed E-state index contributed by atoms with van der Waals surface area (Å²) in [6.07, 6.45) is 1.91. The van der Waals surface area contributed by atoms with E-state index in [-0.39, 0.29) is 11.8 Å². The van der Waals surface area contributed by atoms with Crippen molar-refractivity contribution in [1.29, 1.82) is 0 Å². The molecule has 7 heteroatoms. The highest BCUT2D eigenvalue weighted by molar-refractivity contribution is 8.04. The van der Waals surface area contributed by atoms with Crippen LogP contribution in [0, 0.1) is 13.8 Å². The van der Waals surface area contributed by atoms with E-state index in [0.29, 0.717) is 35.1 Å². The molecule has 0 saturated carbocycles. The predicted molar refractivity (Wildman–Crippen MR) is 173 cm³/mol. The molecule has 5 nitrogen and oxygen atoms in total. The number of anilines is 2. The topological polar surface area (TPSA) is 43.9 Å². The van der Waals surface area contributed by atoms with Crippen LogP contribution in [0.5, 0.6) is 0 Å². The molecule has 0 aromatic heterocycles. The van der Waals surface area contributed by atoms with Gasteiger partial charge in [-0.2, -0.15) is 0 Å². The van der Waals surface area contributed by atoms with E-state index in [9.17, 15) is 9.59 Å². The minimum absolute atomic E-state index is 0.0413. The molecule has 42 heavy (non-hydrogen) atoms. The number of piperazine rings is 1. The van der Waals surface area contributed by atoms with Crippen molar-refractivity contribution in [2.45, 2.75) is 25.3 Å². The molecule has 0 N–H and O–H groups in total. The van der Waals surface area contributed by atoms with Crippen LogP contribution < -0.4 is 9.80 Å². The van der Waals surface area contributed by atoms with E-state index in [0.717, 1.165) is 34.8 Å². The van der Waals surface area contributed by atoms with Gasteiger partial charge in [-0.25, -0.2) is 0 Å². The number of thioether (sulfide) groups is 1. The number of carbonyl (C=O) groups is 2. The van der Waals surface area contributed by atoms with Crippen LogP contribution in [0.3, 0.4) is 0 Å². The number of benzene rings is 4. The molecule has 0 spiro atoms. The first-order valence-electron chi connectivity index (χ1n) is 14.1. The van der Waals surface area contributed by atoms with Crippen molar-refractivity contribution >= 4 is 52.6 Å². The molecule has 2 aliphatic heterocycles. The van der Waals surface area contributed by atoms with Crippen molar-refractivity contribution < 1.29 is 9.59 Å². The zero-order valence-corrected chi connectivity index (χ0v) is 25.3. The number of fused-ring (bicyclic) bond motifs is 1. The highest BCUT2D eigenvalue weighted by Crippen LogP contribution is 2.42. The lowest BCUT2D eigenvalue weighted by atomic mass is 10.1. The average Bonchev–Trinajstić information content (AvgIpc) is 3.01. The summed E-state index contributed by atoms with van der Waals surface area (Å²) in [5.41, 5.74) is 7.23. The van der Waals surface area contributed by atoms with Gasteiger partial charge in [-0.3, -0.25) is 9.59 Å². The molecule has 4 aromatic carbocycles. The summed E-state index contributed by atoms with van der Waals surface area (Å²) in [6, 6.07) is 29.5. The number of rotatable bonds is 5. The lowest BCUT2D eigenvalue weighted by molar-refractivity contribution is -0.114. The Bertz CT molecular complexity index is 1680. The fourth-order valence-corrected chi connectivity index (χ4v) is 6.79. The molecule has 0 aliphatic carbocycles. The Morgan fingerprint density at radius 2 is 1.57 bits per heavy atom. The molecule has 2 amide bonds. The summed E-state index contributed by atoms with van der Waals surface area (Å²) < 4.78 is 0. The molecule has 1 fully saturated rings. The monoisotopic (exact) mass is 593 g/mol. The zero-order chi connectivity index (χ0) is 29.2. The smallest absolute Gasteiger partial charge is 0.265 e. The van der Waals surface area contributed by atoms with E-state index in [1.807, 2.05) is 83.8 Å². The molecular weight excluding hydrogens is 562 g/mol. The first-order valence-corrected chi connectivity index (χ1v) is 15.3. The van der Waals surface area contributed by atoms with Crippen LogP contribution in [0.1, 0.15) is 32.6 Å². The molecule has 0 bridgehead atoms. The molecular formula is C35H32ClN3O2S. The SMILES string of the molecule is Cc1cccc(N2CCN(C(=O)c3ccc(/C=C4/Sc5ccccc5N(Cc5cccc(Cl)c5)C4=O)cc3)CC2)c1C. The molecule has 0 radical (unpaired) electrons. The van der Waals surface area contributed by atoms with E-state index in [1.165, 1.54) is 28.6 Å². The normalized spacial score (nSPS) is 16.1. The van der Waals surface area contributed by atoms with E-state index < -0.39 is 0 Å². The van der Waals surface area contributed by atoms with Crippen molar-refractivity contribution in [3.8, 4) is 0 Å². The minimum atomic E-state index is -0.0551.